The van der Waals surface area contributed by atoms with Gasteiger partial charge in [0.05, 0.1) is 17.7 Å². The van der Waals surface area contributed by atoms with Crippen LogP contribution >= 0.6 is 11.6 Å². The third kappa shape index (κ3) is 5.21. The molecule has 0 saturated carbocycles. The Balaban J connectivity index is 1.95. The third-order valence-corrected chi connectivity index (χ3v) is 6.65. The summed E-state index contributed by atoms with van der Waals surface area (Å²) in [7, 11) is -1.04. The number of ether oxygens (including phenoxy) is 2. The Kier molecular flexibility index (Phi) is 7.72. The van der Waals surface area contributed by atoms with Crippen LogP contribution in [0, 0.1) is 0 Å². The van der Waals surface area contributed by atoms with Crippen molar-refractivity contribution < 1.29 is 17.9 Å². The van der Waals surface area contributed by atoms with Gasteiger partial charge in [-0.1, -0.05) is 11.6 Å². The SMILES string of the molecule is COCC(C)n1c(NS(=O)(=O)C(C)C(OC)c2ncc(Cl)cn2)nnc1-c1cccnc1. The van der Waals surface area contributed by atoms with Gasteiger partial charge in [-0.25, -0.2) is 18.4 Å². The first kappa shape index (κ1) is 24.0. The van der Waals surface area contributed by atoms with E-state index < -0.39 is 21.4 Å². The summed E-state index contributed by atoms with van der Waals surface area (Å²) >= 11 is 5.83. The molecule has 0 aliphatic carbocycles. The van der Waals surface area contributed by atoms with E-state index in [-0.39, 0.29) is 17.8 Å². The molecule has 32 heavy (non-hydrogen) atoms. The highest BCUT2D eigenvalue weighted by Crippen LogP contribution is 2.28. The number of sulfonamides is 1. The summed E-state index contributed by atoms with van der Waals surface area (Å²) in [5, 5.41) is 7.55. The predicted molar refractivity (Wildman–Crippen MR) is 119 cm³/mol. The summed E-state index contributed by atoms with van der Waals surface area (Å²) in [5.41, 5.74) is 0.686. The second-order valence-corrected chi connectivity index (χ2v) is 9.51. The van der Waals surface area contributed by atoms with Crippen molar-refractivity contribution in [3.05, 3.63) is 47.8 Å². The second-order valence-electron chi connectivity index (χ2n) is 7.03. The highest BCUT2D eigenvalue weighted by atomic mass is 35.5. The number of hydrogen-bond donors (Lipinski definition) is 1. The smallest absolute Gasteiger partial charge is 0.240 e. The van der Waals surface area contributed by atoms with Crippen molar-refractivity contribution in [3.63, 3.8) is 0 Å². The maximum Gasteiger partial charge on any atom is 0.240 e. The lowest BCUT2D eigenvalue weighted by Gasteiger charge is -2.23. The van der Waals surface area contributed by atoms with Crippen molar-refractivity contribution in [2.75, 3.05) is 25.5 Å². The zero-order valence-electron chi connectivity index (χ0n) is 18.0. The van der Waals surface area contributed by atoms with Crippen LogP contribution in [0.2, 0.25) is 5.02 Å². The van der Waals surface area contributed by atoms with Crippen molar-refractivity contribution in [1.29, 1.82) is 0 Å². The van der Waals surface area contributed by atoms with E-state index in [1.54, 1.807) is 30.1 Å². The Bertz CT molecular complexity index is 1130. The maximum atomic E-state index is 13.2. The van der Waals surface area contributed by atoms with Crippen molar-refractivity contribution in [2.24, 2.45) is 0 Å². The van der Waals surface area contributed by atoms with Gasteiger partial charge >= 0.3 is 0 Å². The van der Waals surface area contributed by atoms with E-state index >= 15 is 0 Å². The molecule has 0 aromatic carbocycles. The molecule has 0 bridgehead atoms. The second kappa shape index (κ2) is 10.3. The van der Waals surface area contributed by atoms with Crippen LogP contribution in [0.25, 0.3) is 11.4 Å². The van der Waals surface area contributed by atoms with Gasteiger partial charge in [-0.2, -0.15) is 0 Å². The molecule has 0 fully saturated rings. The number of nitrogens with zero attached hydrogens (tertiary/aromatic N) is 6. The van der Waals surface area contributed by atoms with Crippen LogP contribution in [0.5, 0.6) is 0 Å². The normalized spacial score (nSPS) is 14.7. The topological polar surface area (TPSA) is 134 Å². The van der Waals surface area contributed by atoms with E-state index in [4.69, 9.17) is 21.1 Å². The number of halogens is 1. The summed E-state index contributed by atoms with van der Waals surface area (Å²) in [6, 6.07) is 3.31. The Labute approximate surface area is 191 Å². The van der Waals surface area contributed by atoms with E-state index in [1.807, 2.05) is 13.0 Å². The molecule has 3 unspecified atom stereocenters. The largest absolute Gasteiger partial charge is 0.383 e. The van der Waals surface area contributed by atoms with Crippen LogP contribution in [-0.4, -0.2) is 64.2 Å². The molecule has 3 atom stereocenters. The van der Waals surface area contributed by atoms with Gasteiger partial charge in [0.25, 0.3) is 0 Å². The van der Waals surface area contributed by atoms with Gasteiger partial charge in [0.2, 0.25) is 16.0 Å². The van der Waals surface area contributed by atoms with Crippen LogP contribution in [0.15, 0.2) is 36.9 Å². The summed E-state index contributed by atoms with van der Waals surface area (Å²) in [6.07, 6.45) is 5.09. The van der Waals surface area contributed by atoms with Crippen molar-refractivity contribution in [3.8, 4) is 11.4 Å². The van der Waals surface area contributed by atoms with Crippen LogP contribution in [0.3, 0.4) is 0 Å². The molecule has 3 aromatic heterocycles. The monoisotopic (exact) mass is 481 g/mol. The number of methoxy groups -OCH3 is 2. The van der Waals surface area contributed by atoms with Gasteiger partial charge < -0.3 is 9.47 Å². The number of nitrogens with one attached hydrogen (secondary N) is 1. The molecule has 11 nitrogen and oxygen atoms in total. The highest BCUT2D eigenvalue weighted by molar-refractivity contribution is 7.93. The van der Waals surface area contributed by atoms with E-state index in [9.17, 15) is 8.42 Å². The number of anilines is 1. The van der Waals surface area contributed by atoms with Gasteiger partial charge in [0.15, 0.2) is 11.6 Å². The average molecular weight is 482 g/mol. The third-order valence-electron chi connectivity index (χ3n) is 4.76. The predicted octanol–water partition coefficient (Wildman–Crippen LogP) is 2.51. The fourth-order valence-electron chi connectivity index (χ4n) is 3.15. The molecule has 3 rings (SSSR count). The van der Waals surface area contributed by atoms with Gasteiger partial charge in [0, 0.05) is 44.6 Å². The lowest BCUT2D eigenvalue weighted by molar-refractivity contribution is 0.0950. The van der Waals surface area contributed by atoms with Crippen LogP contribution in [0.4, 0.5) is 5.95 Å². The zero-order chi connectivity index (χ0) is 23.3. The number of hydrogen-bond acceptors (Lipinski definition) is 9. The Morgan fingerprint density at radius 2 is 1.88 bits per heavy atom. The first-order valence-corrected chi connectivity index (χ1v) is 11.6. The Hall–Kier alpha value is -2.67. The van der Waals surface area contributed by atoms with Crippen LogP contribution in [0.1, 0.15) is 31.8 Å². The number of rotatable bonds is 10. The van der Waals surface area contributed by atoms with Gasteiger partial charge in [-0.05, 0) is 26.0 Å². The standard InChI is InChI=1S/C19H24ClN7O4S/c1-12(11-30-3)27-18(14-6-5-7-21-8-14)24-25-19(27)26-32(28,29)13(2)16(31-4)17-22-9-15(20)10-23-17/h5-10,12-13,16H,11H2,1-4H3,(H,25,26). The van der Waals surface area contributed by atoms with E-state index in [2.05, 4.69) is 29.9 Å². The zero-order valence-corrected chi connectivity index (χ0v) is 19.6. The van der Waals surface area contributed by atoms with Crippen LogP contribution in [-0.2, 0) is 19.5 Å². The lowest BCUT2D eigenvalue weighted by Crippen LogP contribution is -2.34. The Morgan fingerprint density at radius 3 is 2.47 bits per heavy atom. The van der Waals surface area contributed by atoms with Crippen molar-refractivity contribution >= 4 is 27.6 Å². The molecule has 0 saturated heterocycles. The molecule has 3 aromatic rings. The molecular formula is C19H24ClN7O4S. The first-order chi connectivity index (χ1) is 15.3. The van der Waals surface area contributed by atoms with E-state index in [0.29, 0.717) is 23.0 Å². The van der Waals surface area contributed by atoms with Gasteiger partial charge in [-0.15, -0.1) is 10.2 Å². The quantitative estimate of drug-likeness (QED) is 0.463. The summed E-state index contributed by atoms with van der Waals surface area (Å²) in [5.74, 6) is 0.699. The summed E-state index contributed by atoms with van der Waals surface area (Å²) in [6.45, 7) is 3.68. The average Bonchev–Trinajstić information content (AvgIpc) is 3.19. The minimum absolute atomic E-state index is 0.0483. The lowest BCUT2D eigenvalue weighted by atomic mass is 10.2. The van der Waals surface area contributed by atoms with Crippen molar-refractivity contribution in [1.82, 2.24) is 29.7 Å². The van der Waals surface area contributed by atoms with E-state index in [0.717, 1.165) is 0 Å². The van der Waals surface area contributed by atoms with Crippen LogP contribution < -0.4 is 4.72 Å². The number of pyridine rings is 1. The minimum Gasteiger partial charge on any atom is -0.383 e. The molecule has 3 heterocycles. The fraction of sp³-hybridized carbons (Fsp3) is 0.421. The maximum absolute atomic E-state index is 13.2. The molecule has 172 valence electrons. The number of aromatic nitrogens is 6. The summed E-state index contributed by atoms with van der Waals surface area (Å²) < 4.78 is 41.3. The molecule has 0 amide bonds. The molecule has 13 heteroatoms. The molecular weight excluding hydrogens is 458 g/mol. The molecule has 0 aliphatic rings. The van der Waals surface area contributed by atoms with Crippen molar-refractivity contribution in [2.45, 2.75) is 31.2 Å². The fourth-order valence-corrected chi connectivity index (χ4v) is 4.38. The summed E-state index contributed by atoms with van der Waals surface area (Å²) in [4.78, 5) is 12.3. The minimum atomic E-state index is -3.99. The van der Waals surface area contributed by atoms with Gasteiger partial charge in [0.1, 0.15) is 11.4 Å². The molecule has 1 N–H and O–H groups in total. The Morgan fingerprint density at radius 1 is 1.16 bits per heavy atom. The van der Waals surface area contributed by atoms with Gasteiger partial charge in [-0.3, -0.25) is 14.3 Å². The first-order valence-electron chi connectivity index (χ1n) is 9.64. The van der Waals surface area contributed by atoms with E-state index in [1.165, 1.54) is 26.4 Å². The molecule has 0 radical (unpaired) electrons. The molecule has 0 spiro atoms. The molecule has 0 aliphatic heterocycles. The highest BCUT2D eigenvalue weighted by Gasteiger charge is 2.34.